The second-order valence-electron chi connectivity index (χ2n) is 7.37. The smallest absolute Gasteiger partial charge is 0.171 e. The van der Waals surface area contributed by atoms with Gasteiger partial charge in [0.2, 0.25) is 0 Å². The SMILES string of the molecule is Cc1ccc(C(NC(=S)Nc2cccc(OC(C)C)c2)C(C)C)c(C)c1. The van der Waals surface area contributed by atoms with Gasteiger partial charge in [-0.3, -0.25) is 0 Å². The number of hydrogen-bond donors (Lipinski definition) is 2. The fraction of sp³-hybridized carbons (Fsp3) is 0.409. The molecule has 3 nitrogen and oxygen atoms in total. The molecule has 0 fully saturated rings. The first kappa shape index (κ1) is 20.2. The number of ether oxygens (including phenoxy) is 1. The van der Waals surface area contributed by atoms with E-state index in [1.54, 1.807) is 0 Å². The van der Waals surface area contributed by atoms with E-state index < -0.39 is 0 Å². The summed E-state index contributed by atoms with van der Waals surface area (Å²) >= 11 is 5.57. The normalized spacial score (nSPS) is 12.2. The Morgan fingerprint density at radius 3 is 2.35 bits per heavy atom. The molecule has 1 unspecified atom stereocenters. The highest BCUT2D eigenvalue weighted by molar-refractivity contribution is 7.80. The lowest BCUT2D eigenvalue weighted by Gasteiger charge is -2.26. The average molecular weight is 371 g/mol. The summed E-state index contributed by atoms with van der Waals surface area (Å²) in [4.78, 5) is 0. The van der Waals surface area contributed by atoms with Gasteiger partial charge in [0.05, 0.1) is 12.1 Å². The van der Waals surface area contributed by atoms with Crippen LogP contribution in [-0.4, -0.2) is 11.2 Å². The van der Waals surface area contributed by atoms with E-state index in [1.807, 2.05) is 38.1 Å². The molecule has 0 bridgehead atoms. The first-order chi connectivity index (χ1) is 12.3. The van der Waals surface area contributed by atoms with Gasteiger partial charge in [-0.1, -0.05) is 43.7 Å². The summed E-state index contributed by atoms with van der Waals surface area (Å²) in [5.74, 6) is 1.24. The van der Waals surface area contributed by atoms with Gasteiger partial charge in [-0.2, -0.15) is 0 Å². The Kier molecular flexibility index (Phi) is 7.04. The van der Waals surface area contributed by atoms with Crippen LogP contribution in [0.4, 0.5) is 5.69 Å². The molecular weight excluding hydrogens is 340 g/mol. The van der Waals surface area contributed by atoms with E-state index >= 15 is 0 Å². The quantitative estimate of drug-likeness (QED) is 0.632. The summed E-state index contributed by atoms with van der Waals surface area (Å²) in [6, 6.07) is 14.6. The molecule has 26 heavy (non-hydrogen) atoms. The third-order valence-electron chi connectivity index (χ3n) is 4.18. The second kappa shape index (κ2) is 9.04. The molecule has 0 aliphatic heterocycles. The summed E-state index contributed by atoms with van der Waals surface area (Å²) in [7, 11) is 0. The van der Waals surface area contributed by atoms with Crippen molar-refractivity contribution in [3.63, 3.8) is 0 Å². The zero-order valence-electron chi connectivity index (χ0n) is 16.6. The van der Waals surface area contributed by atoms with Gasteiger partial charge in [-0.05, 0) is 69.1 Å². The summed E-state index contributed by atoms with van der Waals surface area (Å²) in [6.45, 7) is 12.7. The van der Waals surface area contributed by atoms with Crippen molar-refractivity contribution in [3.8, 4) is 5.75 Å². The highest BCUT2D eigenvalue weighted by Gasteiger charge is 2.19. The van der Waals surface area contributed by atoms with Gasteiger partial charge >= 0.3 is 0 Å². The van der Waals surface area contributed by atoms with E-state index in [4.69, 9.17) is 17.0 Å². The fourth-order valence-electron chi connectivity index (χ4n) is 3.01. The van der Waals surface area contributed by atoms with Crippen LogP contribution in [-0.2, 0) is 0 Å². The standard InChI is InChI=1S/C22H30N2OS/c1-14(2)21(20-11-10-16(5)12-17(20)6)24-22(26)23-18-8-7-9-19(13-18)25-15(3)4/h7-15,21H,1-6H3,(H2,23,24,26). The number of rotatable bonds is 6. The van der Waals surface area contributed by atoms with E-state index in [1.165, 1.54) is 16.7 Å². The van der Waals surface area contributed by atoms with Crippen LogP contribution in [0.25, 0.3) is 0 Å². The largest absolute Gasteiger partial charge is 0.491 e. The molecule has 0 aliphatic carbocycles. The molecule has 0 aromatic heterocycles. The summed E-state index contributed by atoms with van der Waals surface area (Å²) in [6.07, 6.45) is 0.144. The van der Waals surface area contributed by atoms with Crippen LogP contribution in [0, 0.1) is 19.8 Å². The Balaban J connectivity index is 2.11. The van der Waals surface area contributed by atoms with E-state index in [0.29, 0.717) is 11.0 Å². The van der Waals surface area contributed by atoms with Crippen molar-refractivity contribution in [1.82, 2.24) is 5.32 Å². The van der Waals surface area contributed by atoms with E-state index in [2.05, 4.69) is 56.5 Å². The fourth-order valence-corrected chi connectivity index (χ4v) is 3.25. The van der Waals surface area contributed by atoms with Crippen LogP contribution in [0.5, 0.6) is 5.75 Å². The zero-order chi connectivity index (χ0) is 19.3. The molecule has 2 rings (SSSR count). The van der Waals surface area contributed by atoms with Gasteiger partial charge in [0.15, 0.2) is 5.11 Å². The van der Waals surface area contributed by atoms with Gasteiger partial charge < -0.3 is 15.4 Å². The van der Waals surface area contributed by atoms with E-state index in [9.17, 15) is 0 Å². The lowest BCUT2D eigenvalue weighted by atomic mass is 9.92. The molecule has 0 spiro atoms. The third kappa shape index (κ3) is 5.73. The van der Waals surface area contributed by atoms with Gasteiger partial charge in [0, 0.05) is 11.8 Å². The van der Waals surface area contributed by atoms with Gasteiger partial charge in [-0.25, -0.2) is 0 Å². The van der Waals surface area contributed by atoms with E-state index in [-0.39, 0.29) is 12.1 Å². The Morgan fingerprint density at radius 2 is 1.73 bits per heavy atom. The first-order valence-corrected chi connectivity index (χ1v) is 9.58. The van der Waals surface area contributed by atoms with Crippen molar-refractivity contribution in [2.45, 2.75) is 53.7 Å². The number of aryl methyl sites for hydroxylation is 2. The Morgan fingerprint density at radius 1 is 1.00 bits per heavy atom. The molecular formula is C22H30N2OS. The highest BCUT2D eigenvalue weighted by atomic mass is 32.1. The Hall–Kier alpha value is -2.07. The summed E-state index contributed by atoms with van der Waals surface area (Å²) in [5, 5.41) is 7.38. The lowest BCUT2D eigenvalue weighted by Crippen LogP contribution is -2.35. The maximum atomic E-state index is 5.75. The summed E-state index contributed by atoms with van der Waals surface area (Å²) < 4.78 is 5.75. The monoisotopic (exact) mass is 370 g/mol. The molecule has 0 aliphatic rings. The van der Waals surface area contributed by atoms with Crippen LogP contribution >= 0.6 is 12.2 Å². The molecule has 0 saturated heterocycles. The minimum atomic E-state index is 0.144. The van der Waals surface area contributed by atoms with Crippen molar-refractivity contribution < 1.29 is 4.74 Å². The van der Waals surface area contributed by atoms with Crippen molar-refractivity contribution >= 4 is 23.0 Å². The Labute approximate surface area is 163 Å². The molecule has 4 heteroatoms. The zero-order valence-corrected chi connectivity index (χ0v) is 17.4. The molecule has 0 saturated carbocycles. The van der Waals surface area contributed by atoms with Crippen molar-refractivity contribution in [2.24, 2.45) is 5.92 Å². The first-order valence-electron chi connectivity index (χ1n) is 9.17. The Bertz CT molecular complexity index is 756. The lowest BCUT2D eigenvalue weighted by molar-refractivity contribution is 0.242. The number of thiocarbonyl (C=S) groups is 1. The van der Waals surface area contributed by atoms with Gasteiger partial charge in [0.1, 0.15) is 5.75 Å². The van der Waals surface area contributed by atoms with Crippen LogP contribution < -0.4 is 15.4 Å². The van der Waals surface area contributed by atoms with Crippen LogP contribution in [0.3, 0.4) is 0 Å². The van der Waals surface area contributed by atoms with E-state index in [0.717, 1.165) is 11.4 Å². The molecule has 2 aromatic carbocycles. The number of hydrogen-bond acceptors (Lipinski definition) is 2. The molecule has 0 amide bonds. The highest BCUT2D eigenvalue weighted by Crippen LogP contribution is 2.26. The average Bonchev–Trinajstić information content (AvgIpc) is 2.52. The molecule has 1 atom stereocenters. The topological polar surface area (TPSA) is 33.3 Å². The van der Waals surface area contributed by atoms with Gasteiger partial charge in [0.25, 0.3) is 0 Å². The number of nitrogens with one attached hydrogen (secondary N) is 2. The van der Waals surface area contributed by atoms with Crippen LogP contribution in [0.15, 0.2) is 42.5 Å². The minimum Gasteiger partial charge on any atom is -0.491 e. The molecule has 0 heterocycles. The van der Waals surface area contributed by atoms with Crippen LogP contribution in [0.1, 0.15) is 50.4 Å². The van der Waals surface area contributed by atoms with Crippen LogP contribution in [0.2, 0.25) is 0 Å². The predicted octanol–water partition coefficient (Wildman–Crippen LogP) is 5.77. The number of benzene rings is 2. The van der Waals surface area contributed by atoms with Gasteiger partial charge in [-0.15, -0.1) is 0 Å². The maximum Gasteiger partial charge on any atom is 0.171 e. The van der Waals surface area contributed by atoms with Crippen molar-refractivity contribution in [2.75, 3.05) is 5.32 Å². The molecule has 2 aromatic rings. The maximum absolute atomic E-state index is 5.75. The van der Waals surface area contributed by atoms with Crippen molar-refractivity contribution in [1.29, 1.82) is 0 Å². The molecule has 2 N–H and O–H groups in total. The molecule has 0 radical (unpaired) electrons. The third-order valence-corrected chi connectivity index (χ3v) is 4.40. The second-order valence-corrected chi connectivity index (χ2v) is 7.78. The van der Waals surface area contributed by atoms with Crippen molar-refractivity contribution in [3.05, 3.63) is 59.2 Å². The minimum absolute atomic E-state index is 0.144. The predicted molar refractivity (Wildman–Crippen MR) is 115 cm³/mol. The molecule has 140 valence electrons. The summed E-state index contributed by atoms with van der Waals surface area (Å²) in [5.41, 5.74) is 4.76. The number of anilines is 1.